The molecule has 2 atom stereocenters. The van der Waals surface area contributed by atoms with Crippen molar-refractivity contribution in [3.63, 3.8) is 0 Å². The van der Waals surface area contributed by atoms with Crippen LogP contribution in [0.15, 0.2) is 204 Å². The standard InChI is InChI=1S/C53H41N3/c1-5-15-36(16-6-1)41-23-13-25-43(31-41)50-35-51(56-53(55-50)45-26-14-24-42(32-45)37-17-7-2-8-18-37)44-28-27-39-29-30-48-52(46(39)33-44)47(38-19-9-3-10-20-38)34-49(54-48)40-21-11-4-12-22-40/h1-7,9-17,19-34,49-50,54H,8,18,35H2. The molecule has 2 aliphatic heterocycles. The van der Waals surface area contributed by atoms with Crippen molar-refractivity contribution in [2.24, 2.45) is 9.98 Å². The molecule has 3 nitrogen and oxygen atoms in total. The Hall–Kier alpha value is -6.84. The van der Waals surface area contributed by atoms with Crippen molar-refractivity contribution in [3.05, 3.63) is 233 Å². The third kappa shape index (κ3) is 6.62. The van der Waals surface area contributed by atoms with E-state index in [2.05, 4.69) is 199 Å². The third-order valence-corrected chi connectivity index (χ3v) is 11.3. The Morgan fingerprint density at radius 3 is 2.05 bits per heavy atom. The first kappa shape index (κ1) is 33.7. The number of hydrogen-bond donors (Lipinski definition) is 1. The van der Waals surface area contributed by atoms with Gasteiger partial charge in [0.2, 0.25) is 0 Å². The lowest BCUT2D eigenvalue weighted by atomic mass is 9.85. The Morgan fingerprint density at radius 1 is 0.554 bits per heavy atom. The van der Waals surface area contributed by atoms with Gasteiger partial charge in [-0.2, -0.15) is 0 Å². The van der Waals surface area contributed by atoms with E-state index in [9.17, 15) is 0 Å². The van der Waals surface area contributed by atoms with Gasteiger partial charge in [-0.1, -0.05) is 164 Å². The zero-order chi connectivity index (χ0) is 37.3. The summed E-state index contributed by atoms with van der Waals surface area (Å²) in [4.78, 5) is 10.8. The molecular formula is C53H41N3. The van der Waals surface area contributed by atoms with Crippen molar-refractivity contribution in [2.45, 2.75) is 31.3 Å². The summed E-state index contributed by atoms with van der Waals surface area (Å²) in [7, 11) is 0. The van der Waals surface area contributed by atoms with Crippen molar-refractivity contribution in [1.29, 1.82) is 0 Å². The predicted molar refractivity (Wildman–Crippen MR) is 235 cm³/mol. The Labute approximate surface area is 328 Å². The lowest BCUT2D eigenvalue weighted by molar-refractivity contribution is 0.754. The van der Waals surface area contributed by atoms with E-state index in [4.69, 9.17) is 9.98 Å². The number of hydrogen-bond acceptors (Lipinski definition) is 3. The molecule has 2 unspecified atom stereocenters. The zero-order valence-corrected chi connectivity index (χ0v) is 31.1. The minimum absolute atomic E-state index is 0.0598. The summed E-state index contributed by atoms with van der Waals surface area (Å²) in [6, 6.07) is 61.1. The molecule has 2 heterocycles. The first-order chi connectivity index (χ1) is 27.7. The zero-order valence-electron chi connectivity index (χ0n) is 31.1. The lowest BCUT2D eigenvalue weighted by Gasteiger charge is -2.29. The Morgan fingerprint density at radius 2 is 1.25 bits per heavy atom. The fraction of sp³-hybridized carbons (Fsp3) is 0.0943. The molecule has 0 radical (unpaired) electrons. The molecule has 3 heteroatoms. The van der Waals surface area contributed by atoms with Gasteiger partial charge < -0.3 is 5.32 Å². The summed E-state index contributed by atoms with van der Waals surface area (Å²) in [6.45, 7) is 0. The summed E-state index contributed by atoms with van der Waals surface area (Å²) < 4.78 is 0. The highest BCUT2D eigenvalue weighted by Gasteiger charge is 2.26. The Bertz CT molecular complexity index is 2740. The second kappa shape index (κ2) is 14.8. The molecule has 0 aromatic heterocycles. The maximum absolute atomic E-state index is 5.42. The second-order valence-corrected chi connectivity index (χ2v) is 14.9. The van der Waals surface area contributed by atoms with Gasteiger partial charge in [-0.15, -0.1) is 0 Å². The maximum Gasteiger partial charge on any atom is 0.155 e. The van der Waals surface area contributed by atoms with Crippen LogP contribution in [0.3, 0.4) is 0 Å². The van der Waals surface area contributed by atoms with Crippen LogP contribution in [-0.2, 0) is 0 Å². The first-order valence-electron chi connectivity index (χ1n) is 19.7. The Balaban J connectivity index is 1.10. The SMILES string of the molecule is C1=CCCC(c2cccc(C3=NC(c4cccc(-c5ccccc5)c4)CC(c4ccc5ccc6c(c5c4)C(c4ccccc4)=CC(c4ccccc4)N6)=N3)c2)=C1. The molecular weight excluding hydrogens is 679 g/mol. The summed E-state index contributed by atoms with van der Waals surface area (Å²) in [5.41, 5.74) is 15.4. The number of amidine groups is 1. The highest BCUT2D eigenvalue weighted by atomic mass is 15.0. The lowest BCUT2D eigenvalue weighted by Crippen LogP contribution is -2.18. The number of benzene rings is 7. The number of anilines is 1. The quantitative estimate of drug-likeness (QED) is 0.175. The van der Waals surface area contributed by atoms with Crippen LogP contribution in [0.4, 0.5) is 5.69 Å². The van der Waals surface area contributed by atoms with Crippen molar-refractivity contribution in [3.8, 4) is 11.1 Å². The van der Waals surface area contributed by atoms with Gasteiger partial charge in [-0.25, -0.2) is 4.99 Å². The highest BCUT2D eigenvalue weighted by molar-refractivity contribution is 6.16. The highest BCUT2D eigenvalue weighted by Crippen LogP contribution is 2.43. The molecule has 7 aromatic carbocycles. The monoisotopic (exact) mass is 719 g/mol. The normalized spacial score (nSPS) is 17.6. The van der Waals surface area contributed by atoms with Crippen molar-refractivity contribution in [2.75, 3.05) is 5.32 Å². The molecule has 0 saturated carbocycles. The molecule has 0 spiro atoms. The number of rotatable bonds is 7. The summed E-state index contributed by atoms with van der Waals surface area (Å²) in [5, 5.41) is 6.29. The van der Waals surface area contributed by atoms with E-state index >= 15 is 0 Å². The summed E-state index contributed by atoms with van der Waals surface area (Å²) >= 11 is 0. The summed E-state index contributed by atoms with van der Waals surface area (Å²) in [6.07, 6.45) is 11.8. The number of fused-ring (bicyclic) bond motifs is 3. The van der Waals surface area contributed by atoms with Crippen molar-refractivity contribution >= 4 is 39.2 Å². The van der Waals surface area contributed by atoms with E-state index in [1.165, 1.54) is 60.9 Å². The molecule has 3 aliphatic rings. The van der Waals surface area contributed by atoms with E-state index in [0.717, 1.165) is 41.2 Å². The summed E-state index contributed by atoms with van der Waals surface area (Å²) in [5.74, 6) is 0.780. The smallest absolute Gasteiger partial charge is 0.155 e. The van der Waals surface area contributed by atoms with Crippen LogP contribution >= 0.6 is 0 Å². The first-order valence-corrected chi connectivity index (χ1v) is 19.7. The number of nitrogens with one attached hydrogen (secondary N) is 1. The minimum Gasteiger partial charge on any atom is -0.374 e. The van der Waals surface area contributed by atoms with Crippen molar-refractivity contribution < 1.29 is 0 Å². The molecule has 56 heavy (non-hydrogen) atoms. The largest absolute Gasteiger partial charge is 0.374 e. The molecule has 7 aromatic rings. The molecule has 0 bridgehead atoms. The van der Waals surface area contributed by atoms with Crippen molar-refractivity contribution in [1.82, 2.24) is 0 Å². The van der Waals surface area contributed by atoms with Crippen LogP contribution in [0.5, 0.6) is 0 Å². The van der Waals surface area contributed by atoms with E-state index in [0.29, 0.717) is 6.42 Å². The van der Waals surface area contributed by atoms with Gasteiger partial charge in [-0.05, 0) is 104 Å². The van der Waals surface area contributed by atoms with Gasteiger partial charge in [0.15, 0.2) is 5.84 Å². The van der Waals surface area contributed by atoms with Crippen LogP contribution in [-0.4, -0.2) is 11.5 Å². The van der Waals surface area contributed by atoms with E-state index in [1.807, 2.05) is 0 Å². The average molecular weight is 720 g/mol. The van der Waals surface area contributed by atoms with Gasteiger partial charge in [-0.3, -0.25) is 4.99 Å². The number of allylic oxidation sites excluding steroid dienone is 4. The van der Waals surface area contributed by atoms with E-state index < -0.39 is 0 Å². The predicted octanol–water partition coefficient (Wildman–Crippen LogP) is 13.2. The van der Waals surface area contributed by atoms with E-state index in [1.54, 1.807) is 0 Å². The topological polar surface area (TPSA) is 36.8 Å². The van der Waals surface area contributed by atoms with Crippen LogP contribution in [0.25, 0.3) is 33.0 Å². The third-order valence-electron chi connectivity index (χ3n) is 11.3. The maximum atomic E-state index is 5.42. The van der Waals surface area contributed by atoms with Gasteiger partial charge >= 0.3 is 0 Å². The minimum atomic E-state index is -0.0879. The molecule has 1 aliphatic carbocycles. The molecule has 0 fully saturated rings. The van der Waals surface area contributed by atoms with Crippen LogP contribution < -0.4 is 5.32 Å². The van der Waals surface area contributed by atoms with Gasteiger partial charge in [0.1, 0.15) is 0 Å². The second-order valence-electron chi connectivity index (χ2n) is 14.9. The van der Waals surface area contributed by atoms with Gasteiger partial charge in [0.25, 0.3) is 0 Å². The molecule has 10 rings (SSSR count). The fourth-order valence-electron chi connectivity index (χ4n) is 8.42. The van der Waals surface area contributed by atoms with Crippen LogP contribution in [0, 0.1) is 0 Å². The fourth-order valence-corrected chi connectivity index (χ4v) is 8.42. The van der Waals surface area contributed by atoms with Crippen LogP contribution in [0.2, 0.25) is 0 Å². The molecule has 268 valence electrons. The van der Waals surface area contributed by atoms with Gasteiger partial charge in [0.05, 0.1) is 17.8 Å². The number of aliphatic imine (C=N–C) groups is 2. The van der Waals surface area contributed by atoms with Crippen LogP contribution in [0.1, 0.15) is 70.3 Å². The van der Waals surface area contributed by atoms with Gasteiger partial charge in [0, 0.05) is 23.2 Å². The Kier molecular flexibility index (Phi) is 8.89. The number of nitrogens with zero attached hydrogens (tertiary/aromatic N) is 2. The molecule has 1 N–H and O–H groups in total. The average Bonchev–Trinajstić information content (AvgIpc) is 3.29. The molecule has 0 amide bonds. The molecule has 0 saturated heterocycles. The van der Waals surface area contributed by atoms with E-state index in [-0.39, 0.29) is 12.1 Å².